The van der Waals surface area contributed by atoms with Crippen LogP contribution in [-0.4, -0.2) is 47.5 Å². The molecule has 4 heteroatoms. The highest BCUT2D eigenvalue weighted by Gasteiger charge is 2.18. The Morgan fingerprint density at radius 2 is 2.11 bits per heavy atom. The maximum absolute atomic E-state index is 11.9. The fourth-order valence-corrected chi connectivity index (χ4v) is 2.32. The van der Waals surface area contributed by atoms with Crippen LogP contribution in [0.1, 0.15) is 18.4 Å². The number of hydrogen-bond acceptors (Lipinski definition) is 3. The Kier molecular flexibility index (Phi) is 4.20. The Balaban J connectivity index is 1.84. The van der Waals surface area contributed by atoms with Gasteiger partial charge in [0, 0.05) is 19.6 Å². The zero-order valence-electron chi connectivity index (χ0n) is 10.8. The van der Waals surface area contributed by atoms with Gasteiger partial charge in [0.05, 0.1) is 6.54 Å². The molecule has 1 aliphatic rings. The van der Waals surface area contributed by atoms with Gasteiger partial charge in [-0.05, 0) is 37.6 Å². The molecule has 1 N–H and O–H groups in total. The lowest BCUT2D eigenvalue weighted by Gasteiger charge is -2.21. The number of aromatic hydroxyl groups is 1. The van der Waals surface area contributed by atoms with E-state index >= 15 is 0 Å². The quantitative estimate of drug-likeness (QED) is 0.877. The summed E-state index contributed by atoms with van der Waals surface area (Å²) in [6.07, 6.45) is 2.25. The predicted octanol–water partition coefficient (Wildman–Crippen LogP) is 1.45. The van der Waals surface area contributed by atoms with Crippen LogP contribution in [0.25, 0.3) is 0 Å². The second-order valence-electron chi connectivity index (χ2n) is 4.93. The first kappa shape index (κ1) is 12.9. The minimum atomic E-state index is 0.204. The monoisotopic (exact) mass is 248 g/mol. The van der Waals surface area contributed by atoms with Gasteiger partial charge < -0.3 is 10.0 Å². The molecule has 0 radical (unpaired) electrons. The second kappa shape index (κ2) is 5.87. The Bertz CT molecular complexity index is 414. The van der Waals surface area contributed by atoms with Gasteiger partial charge in [0.2, 0.25) is 5.91 Å². The van der Waals surface area contributed by atoms with Crippen molar-refractivity contribution in [3.8, 4) is 5.75 Å². The van der Waals surface area contributed by atoms with E-state index in [1.165, 1.54) is 0 Å². The summed E-state index contributed by atoms with van der Waals surface area (Å²) in [7, 11) is 1.93. The molecule has 0 unspecified atom stereocenters. The zero-order valence-corrected chi connectivity index (χ0v) is 10.8. The van der Waals surface area contributed by atoms with E-state index < -0.39 is 0 Å². The lowest BCUT2D eigenvalue weighted by molar-refractivity contribution is -0.131. The van der Waals surface area contributed by atoms with E-state index in [-0.39, 0.29) is 11.7 Å². The first-order valence-electron chi connectivity index (χ1n) is 6.39. The summed E-state index contributed by atoms with van der Waals surface area (Å²) in [4.78, 5) is 15.9. The molecule has 0 saturated carbocycles. The Hall–Kier alpha value is -1.55. The molecule has 1 saturated heterocycles. The number of rotatable bonds is 4. The number of benzene rings is 1. The van der Waals surface area contributed by atoms with Crippen molar-refractivity contribution in [1.82, 2.24) is 9.80 Å². The highest BCUT2D eigenvalue weighted by Crippen LogP contribution is 2.13. The van der Waals surface area contributed by atoms with Crippen molar-refractivity contribution in [2.24, 2.45) is 0 Å². The normalized spacial score (nSPS) is 15.3. The molecule has 0 bridgehead atoms. The van der Waals surface area contributed by atoms with E-state index in [1.807, 2.05) is 29.0 Å². The minimum absolute atomic E-state index is 0.204. The third kappa shape index (κ3) is 3.47. The van der Waals surface area contributed by atoms with Crippen LogP contribution < -0.4 is 0 Å². The van der Waals surface area contributed by atoms with Crippen LogP contribution in [0.3, 0.4) is 0 Å². The van der Waals surface area contributed by atoms with Crippen molar-refractivity contribution in [3.63, 3.8) is 0 Å². The van der Waals surface area contributed by atoms with E-state index in [4.69, 9.17) is 0 Å². The molecule has 1 heterocycles. The Morgan fingerprint density at radius 1 is 1.39 bits per heavy atom. The molecule has 98 valence electrons. The van der Waals surface area contributed by atoms with Crippen molar-refractivity contribution in [2.45, 2.75) is 19.4 Å². The summed E-state index contributed by atoms with van der Waals surface area (Å²) in [5, 5.41) is 9.39. The van der Waals surface area contributed by atoms with Gasteiger partial charge in [-0.1, -0.05) is 12.1 Å². The van der Waals surface area contributed by atoms with Gasteiger partial charge in [0.1, 0.15) is 5.75 Å². The zero-order chi connectivity index (χ0) is 13.0. The van der Waals surface area contributed by atoms with Crippen LogP contribution in [0, 0.1) is 0 Å². The third-order valence-electron chi connectivity index (χ3n) is 3.23. The number of carbonyl (C=O) groups is 1. The molecule has 1 aliphatic heterocycles. The average molecular weight is 248 g/mol. The van der Waals surface area contributed by atoms with Crippen LogP contribution in [-0.2, 0) is 11.3 Å². The number of hydrogen-bond donors (Lipinski definition) is 1. The topological polar surface area (TPSA) is 43.8 Å². The molecule has 1 aromatic carbocycles. The third-order valence-corrected chi connectivity index (χ3v) is 3.23. The van der Waals surface area contributed by atoms with Gasteiger partial charge in [-0.2, -0.15) is 0 Å². The molecule has 1 fully saturated rings. The largest absolute Gasteiger partial charge is 0.508 e. The molecular formula is C14H20N2O2. The number of amides is 1. The molecule has 0 aromatic heterocycles. The van der Waals surface area contributed by atoms with Crippen molar-refractivity contribution in [1.29, 1.82) is 0 Å². The minimum Gasteiger partial charge on any atom is -0.508 e. The summed E-state index contributed by atoms with van der Waals surface area (Å²) in [6, 6.07) is 7.16. The Labute approximate surface area is 108 Å². The maximum atomic E-state index is 11.9. The van der Waals surface area contributed by atoms with Crippen LogP contribution in [0.5, 0.6) is 5.75 Å². The SMILES string of the molecule is CN(CC(=O)N1CCCC1)Cc1cccc(O)c1. The molecule has 0 atom stereocenters. The Morgan fingerprint density at radius 3 is 2.78 bits per heavy atom. The highest BCUT2D eigenvalue weighted by atomic mass is 16.3. The van der Waals surface area contributed by atoms with E-state index in [1.54, 1.807) is 12.1 Å². The van der Waals surface area contributed by atoms with Crippen LogP contribution in [0.4, 0.5) is 0 Å². The summed E-state index contributed by atoms with van der Waals surface area (Å²) in [5.74, 6) is 0.474. The van der Waals surface area contributed by atoms with Gasteiger partial charge in [-0.15, -0.1) is 0 Å². The van der Waals surface area contributed by atoms with Crippen molar-refractivity contribution >= 4 is 5.91 Å². The molecular weight excluding hydrogens is 228 g/mol. The lowest BCUT2D eigenvalue weighted by Crippen LogP contribution is -2.36. The first-order valence-corrected chi connectivity index (χ1v) is 6.39. The number of likely N-dealkylation sites (tertiary alicyclic amines) is 1. The van der Waals surface area contributed by atoms with Gasteiger partial charge in [0.15, 0.2) is 0 Å². The van der Waals surface area contributed by atoms with Gasteiger partial charge in [-0.3, -0.25) is 9.69 Å². The molecule has 1 aromatic rings. The predicted molar refractivity (Wildman–Crippen MR) is 70.3 cm³/mol. The molecule has 18 heavy (non-hydrogen) atoms. The second-order valence-corrected chi connectivity index (χ2v) is 4.93. The fourth-order valence-electron chi connectivity index (χ4n) is 2.32. The van der Waals surface area contributed by atoms with Crippen molar-refractivity contribution in [3.05, 3.63) is 29.8 Å². The highest BCUT2D eigenvalue weighted by molar-refractivity contribution is 5.78. The number of likely N-dealkylation sites (N-methyl/N-ethyl adjacent to an activating group) is 1. The van der Waals surface area contributed by atoms with Crippen LogP contribution >= 0.6 is 0 Å². The van der Waals surface area contributed by atoms with E-state index in [9.17, 15) is 9.90 Å². The lowest BCUT2D eigenvalue weighted by atomic mass is 10.2. The average Bonchev–Trinajstić information content (AvgIpc) is 2.81. The molecule has 0 aliphatic carbocycles. The standard InChI is InChI=1S/C14H20N2O2/c1-15(10-12-5-4-6-13(17)9-12)11-14(18)16-7-2-3-8-16/h4-6,9,17H,2-3,7-8,10-11H2,1H3. The summed E-state index contributed by atoms with van der Waals surface area (Å²) in [6.45, 7) is 2.92. The summed E-state index contributed by atoms with van der Waals surface area (Å²) < 4.78 is 0. The number of phenols is 1. The first-order chi connectivity index (χ1) is 8.65. The van der Waals surface area contributed by atoms with Gasteiger partial charge >= 0.3 is 0 Å². The van der Waals surface area contributed by atoms with E-state index in [0.717, 1.165) is 31.5 Å². The smallest absolute Gasteiger partial charge is 0.236 e. The molecule has 1 amide bonds. The summed E-state index contributed by atoms with van der Waals surface area (Å²) >= 11 is 0. The molecule has 2 rings (SSSR count). The van der Waals surface area contributed by atoms with Crippen molar-refractivity contribution in [2.75, 3.05) is 26.7 Å². The summed E-state index contributed by atoms with van der Waals surface area (Å²) in [5.41, 5.74) is 1.02. The maximum Gasteiger partial charge on any atom is 0.236 e. The van der Waals surface area contributed by atoms with E-state index in [0.29, 0.717) is 13.1 Å². The van der Waals surface area contributed by atoms with E-state index in [2.05, 4.69) is 0 Å². The van der Waals surface area contributed by atoms with Gasteiger partial charge in [0.25, 0.3) is 0 Å². The fraction of sp³-hybridized carbons (Fsp3) is 0.500. The van der Waals surface area contributed by atoms with Crippen LogP contribution in [0.2, 0.25) is 0 Å². The molecule has 0 spiro atoms. The number of nitrogens with zero attached hydrogens (tertiary/aromatic N) is 2. The van der Waals surface area contributed by atoms with Crippen molar-refractivity contribution < 1.29 is 9.90 Å². The number of phenolic OH excluding ortho intramolecular Hbond substituents is 1. The number of carbonyl (C=O) groups excluding carboxylic acids is 1. The van der Waals surface area contributed by atoms with Crippen LogP contribution in [0.15, 0.2) is 24.3 Å². The van der Waals surface area contributed by atoms with Gasteiger partial charge in [-0.25, -0.2) is 0 Å². The molecule has 4 nitrogen and oxygen atoms in total.